The van der Waals surface area contributed by atoms with Crippen molar-refractivity contribution < 1.29 is 19.4 Å². The van der Waals surface area contributed by atoms with Gasteiger partial charge >= 0.3 is 5.97 Å². The number of carboxylic acids is 1. The lowest BCUT2D eigenvalue weighted by atomic mass is 10.1. The van der Waals surface area contributed by atoms with Crippen LogP contribution >= 0.6 is 23.2 Å². The molecule has 2 aromatic rings. The molecular formula is C20H21Cl2NO4. The van der Waals surface area contributed by atoms with Crippen LogP contribution in [0.3, 0.4) is 0 Å². The number of carbonyl (C=O) groups is 1. The summed E-state index contributed by atoms with van der Waals surface area (Å²) in [6, 6.07) is 13.2. The largest absolute Gasteiger partial charge is 0.489 e. The van der Waals surface area contributed by atoms with Gasteiger partial charge in [0.25, 0.3) is 0 Å². The molecule has 27 heavy (non-hydrogen) atoms. The maximum absolute atomic E-state index is 10.7. The fourth-order valence-electron chi connectivity index (χ4n) is 2.96. The molecule has 1 heterocycles. The van der Waals surface area contributed by atoms with Crippen LogP contribution in [0.25, 0.3) is 0 Å². The SMILES string of the molecule is O=C(O)CCN1CCO[C@H](c2ccc(OCc3cccc(Cl)c3Cl)cc2)C1. The Labute approximate surface area is 168 Å². The number of rotatable bonds is 7. The lowest BCUT2D eigenvalue weighted by Gasteiger charge is -2.32. The van der Waals surface area contributed by atoms with Gasteiger partial charge in [-0.2, -0.15) is 0 Å². The van der Waals surface area contributed by atoms with Gasteiger partial charge < -0.3 is 14.6 Å². The molecule has 2 aromatic carbocycles. The van der Waals surface area contributed by atoms with E-state index in [0.29, 0.717) is 36.3 Å². The number of halogens is 2. The number of aliphatic carboxylic acids is 1. The van der Waals surface area contributed by atoms with Crippen molar-refractivity contribution in [3.05, 3.63) is 63.6 Å². The molecule has 7 heteroatoms. The summed E-state index contributed by atoms with van der Waals surface area (Å²) in [5.41, 5.74) is 1.88. The maximum atomic E-state index is 10.7. The van der Waals surface area contributed by atoms with E-state index in [1.54, 1.807) is 6.07 Å². The molecule has 1 fully saturated rings. The molecule has 0 spiro atoms. The number of nitrogens with zero attached hydrogens (tertiary/aromatic N) is 1. The molecule has 0 unspecified atom stereocenters. The van der Waals surface area contributed by atoms with Gasteiger partial charge in [0.2, 0.25) is 0 Å². The van der Waals surface area contributed by atoms with E-state index < -0.39 is 5.97 Å². The van der Waals surface area contributed by atoms with E-state index in [1.165, 1.54) is 0 Å². The first-order valence-corrected chi connectivity index (χ1v) is 9.50. The van der Waals surface area contributed by atoms with E-state index in [4.69, 9.17) is 37.8 Å². The minimum absolute atomic E-state index is 0.0658. The van der Waals surface area contributed by atoms with Crippen molar-refractivity contribution in [2.75, 3.05) is 26.2 Å². The number of benzene rings is 2. The lowest BCUT2D eigenvalue weighted by molar-refractivity contribution is -0.137. The first-order valence-electron chi connectivity index (χ1n) is 8.74. The normalized spacial score (nSPS) is 17.6. The average Bonchev–Trinajstić information content (AvgIpc) is 2.68. The molecule has 0 aliphatic carbocycles. The molecular weight excluding hydrogens is 389 g/mol. The minimum atomic E-state index is -0.778. The first kappa shape index (κ1) is 20.0. The second-order valence-electron chi connectivity index (χ2n) is 6.37. The highest BCUT2D eigenvalue weighted by atomic mass is 35.5. The molecule has 1 aliphatic heterocycles. The summed E-state index contributed by atoms with van der Waals surface area (Å²) in [5, 5.41) is 9.85. The van der Waals surface area contributed by atoms with Gasteiger partial charge in [-0.1, -0.05) is 47.5 Å². The Morgan fingerprint density at radius 2 is 2.00 bits per heavy atom. The summed E-state index contributed by atoms with van der Waals surface area (Å²) in [7, 11) is 0. The van der Waals surface area contributed by atoms with Crippen molar-refractivity contribution in [2.24, 2.45) is 0 Å². The Kier molecular flexibility index (Phi) is 6.96. The van der Waals surface area contributed by atoms with E-state index in [0.717, 1.165) is 23.4 Å². The van der Waals surface area contributed by atoms with E-state index >= 15 is 0 Å². The number of morpholine rings is 1. The monoisotopic (exact) mass is 409 g/mol. The molecule has 0 aromatic heterocycles. The van der Waals surface area contributed by atoms with Gasteiger partial charge in [-0.05, 0) is 23.8 Å². The van der Waals surface area contributed by atoms with Crippen LogP contribution in [-0.2, 0) is 16.1 Å². The van der Waals surface area contributed by atoms with Crippen molar-refractivity contribution in [3.63, 3.8) is 0 Å². The molecule has 144 valence electrons. The molecule has 1 saturated heterocycles. The topological polar surface area (TPSA) is 59.0 Å². The third kappa shape index (κ3) is 5.59. The highest BCUT2D eigenvalue weighted by molar-refractivity contribution is 6.42. The van der Waals surface area contributed by atoms with Gasteiger partial charge in [-0.15, -0.1) is 0 Å². The number of carboxylic acid groups (broad SMARTS) is 1. The molecule has 3 rings (SSSR count). The molecule has 0 saturated carbocycles. The zero-order valence-corrected chi connectivity index (χ0v) is 16.2. The molecule has 1 N–H and O–H groups in total. The second kappa shape index (κ2) is 9.42. The van der Waals surface area contributed by atoms with Crippen molar-refractivity contribution in [1.82, 2.24) is 4.90 Å². The highest BCUT2D eigenvalue weighted by Gasteiger charge is 2.22. The summed E-state index contributed by atoms with van der Waals surface area (Å²) in [6.07, 6.45) is 0.0786. The van der Waals surface area contributed by atoms with Gasteiger partial charge in [0, 0.05) is 25.2 Å². The molecule has 0 amide bonds. The minimum Gasteiger partial charge on any atom is -0.489 e. The average molecular weight is 410 g/mol. The Morgan fingerprint density at radius 3 is 2.74 bits per heavy atom. The van der Waals surface area contributed by atoms with Crippen LogP contribution in [0.15, 0.2) is 42.5 Å². The lowest BCUT2D eigenvalue weighted by Crippen LogP contribution is -2.39. The van der Waals surface area contributed by atoms with Gasteiger partial charge in [0.05, 0.1) is 29.2 Å². The standard InChI is InChI=1S/C20H21Cl2NO4/c21-17-3-1-2-15(20(17)22)13-27-16-6-4-14(5-7-16)18-12-23(10-11-26-18)9-8-19(24)25/h1-7,18H,8-13H2,(H,24,25)/t18-/m0/s1. The van der Waals surface area contributed by atoms with Crippen molar-refractivity contribution in [3.8, 4) is 5.75 Å². The predicted molar refractivity (Wildman–Crippen MR) is 105 cm³/mol. The first-order chi connectivity index (χ1) is 13.0. The van der Waals surface area contributed by atoms with Crippen LogP contribution in [0.4, 0.5) is 0 Å². The quantitative estimate of drug-likeness (QED) is 0.733. The van der Waals surface area contributed by atoms with E-state index in [9.17, 15) is 4.79 Å². The van der Waals surface area contributed by atoms with Gasteiger partial charge in [0.15, 0.2) is 0 Å². The number of hydrogen-bond donors (Lipinski definition) is 1. The Balaban J connectivity index is 1.56. The van der Waals surface area contributed by atoms with E-state index in [2.05, 4.69) is 4.90 Å². The van der Waals surface area contributed by atoms with Gasteiger partial charge in [-0.25, -0.2) is 0 Å². The summed E-state index contributed by atoms with van der Waals surface area (Å²) in [5.74, 6) is -0.0484. The van der Waals surface area contributed by atoms with Crippen LogP contribution < -0.4 is 4.74 Å². The third-order valence-electron chi connectivity index (χ3n) is 4.47. The second-order valence-corrected chi connectivity index (χ2v) is 7.16. The highest BCUT2D eigenvalue weighted by Crippen LogP contribution is 2.28. The van der Waals surface area contributed by atoms with Gasteiger partial charge in [0.1, 0.15) is 12.4 Å². The molecule has 5 nitrogen and oxygen atoms in total. The smallest absolute Gasteiger partial charge is 0.304 e. The Bertz CT molecular complexity index is 782. The number of hydrogen-bond acceptors (Lipinski definition) is 4. The van der Waals surface area contributed by atoms with Crippen LogP contribution in [0.2, 0.25) is 10.0 Å². The third-order valence-corrected chi connectivity index (χ3v) is 5.33. The summed E-state index contributed by atoms with van der Waals surface area (Å²) in [4.78, 5) is 12.9. The zero-order chi connectivity index (χ0) is 19.2. The van der Waals surface area contributed by atoms with Crippen molar-refractivity contribution >= 4 is 29.2 Å². The van der Waals surface area contributed by atoms with Crippen LogP contribution in [-0.4, -0.2) is 42.2 Å². The molecule has 0 radical (unpaired) electrons. The Morgan fingerprint density at radius 1 is 1.22 bits per heavy atom. The van der Waals surface area contributed by atoms with E-state index in [1.807, 2.05) is 36.4 Å². The summed E-state index contributed by atoms with van der Waals surface area (Å²) >= 11 is 12.2. The molecule has 0 bridgehead atoms. The molecule has 1 atom stereocenters. The van der Waals surface area contributed by atoms with Crippen molar-refractivity contribution in [2.45, 2.75) is 19.1 Å². The van der Waals surface area contributed by atoms with Crippen molar-refractivity contribution in [1.29, 1.82) is 0 Å². The maximum Gasteiger partial charge on any atom is 0.304 e. The fraction of sp³-hybridized carbons (Fsp3) is 0.350. The summed E-state index contributed by atoms with van der Waals surface area (Å²) < 4.78 is 11.6. The predicted octanol–water partition coefficient (Wildman–Crippen LogP) is 4.42. The Hall–Kier alpha value is -1.79. The fourth-order valence-corrected chi connectivity index (χ4v) is 3.34. The van der Waals surface area contributed by atoms with Crippen LogP contribution in [0, 0.1) is 0 Å². The van der Waals surface area contributed by atoms with Gasteiger partial charge in [-0.3, -0.25) is 9.69 Å². The van der Waals surface area contributed by atoms with Crippen LogP contribution in [0.5, 0.6) is 5.75 Å². The van der Waals surface area contributed by atoms with E-state index in [-0.39, 0.29) is 12.5 Å². The molecule has 1 aliphatic rings. The zero-order valence-electron chi connectivity index (χ0n) is 14.7. The number of ether oxygens (including phenoxy) is 2. The van der Waals surface area contributed by atoms with Crippen LogP contribution in [0.1, 0.15) is 23.7 Å². The summed E-state index contributed by atoms with van der Waals surface area (Å²) in [6.45, 7) is 2.91.